The van der Waals surface area contributed by atoms with Gasteiger partial charge in [-0.2, -0.15) is 0 Å². The van der Waals surface area contributed by atoms with E-state index in [0.717, 1.165) is 18.5 Å². The number of hydrogen-bond donors (Lipinski definition) is 1. The van der Waals surface area contributed by atoms with Crippen LogP contribution in [0.1, 0.15) is 32.3 Å². The number of rotatable bonds is 5. The molecule has 0 aliphatic rings. The van der Waals surface area contributed by atoms with Crippen molar-refractivity contribution in [2.24, 2.45) is 0 Å². The highest BCUT2D eigenvalue weighted by Crippen LogP contribution is 2.22. The Hall–Kier alpha value is -1.58. The van der Waals surface area contributed by atoms with Crippen LogP contribution in [0.2, 0.25) is 0 Å². The molecule has 1 N–H and O–H groups in total. The zero-order valence-corrected chi connectivity index (χ0v) is 9.99. The number of aryl methyl sites for hydroxylation is 1. The van der Waals surface area contributed by atoms with E-state index in [1.165, 1.54) is 0 Å². The van der Waals surface area contributed by atoms with E-state index in [4.69, 9.17) is 0 Å². The van der Waals surface area contributed by atoms with Crippen molar-refractivity contribution in [1.29, 1.82) is 0 Å². The highest BCUT2D eigenvalue weighted by molar-refractivity contribution is 5.53. The Morgan fingerprint density at radius 3 is 2.44 bits per heavy atom. The molecule has 1 aromatic rings. The fraction of sp³-hybridized carbons (Fsp3) is 0.500. The van der Waals surface area contributed by atoms with Gasteiger partial charge in [0.1, 0.15) is 0 Å². The minimum absolute atomic E-state index is 0.176. The fourth-order valence-electron chi connectivity index (χ4n) is 1.68. The third-order valence-corrected chi connectivity index (χ3v) is 2.75. The summed E-state index contributed by atoms with van der Waals surface area (Å²) in [5, 5.41) is 14.0. The molecule has 16 heavy (non-hydrogen) atoms. The molecule has 0 atom stereocenters. The van der Waals surface area contributed by atoms with Crippen LogP contribution in [-0.4, -0.2) is 11.0 Å². The minimum atomic E-state index is -0.351. The van der Waals surface area contributed by atoms with Crippen molar-refractivity contribution in [2.45, 2.75) is 39.7 Å². The number of nitro groups is 1. The van der Waals surface area contributed by atoms with E-state index in [9.17, 15) is 10.1 Å². The Balaban J connectivity index is 2.84. The Morgan fingerprint density at radius 1 is 1.38 bits per heavy atom. The molecular weight excluding hydrogens is 204 g/mol. The molecule has 0 unspecified atom stereocenters. The largest absolute Gasteiger partial charge is 0.382 e. The van der Waals surface area contributed by atoms with Gasteiger partial charge in [-0.1, -0.05) is 13.8 Å². The van der Waals surface area contributed by atoms with E-state index in [1.54, 1.807) is 19.1 Å². The lowest BCUT2D eigenvalue weighted by Crippen LogP contribution is -2.16. The summed E-state index contributed by atoms with van der Waals surface area (Å²) in [6, 6.07) is 5.58. The number of anilines is 1. The monoisotopic (exact) mass is 222 g/mol. The van der Waals surface area contributed by atoms with Crippen LogP contribution in [0.25, 0.3) is 0 Å². The first-order chi connectivity index (χ1) is 7.58. The molecule has 0 radical (unpaired) electrons. The van der Waals surface area contributed by atoms with Crippen LogP contribution in [0.4, 0.5) is 11.4 Å². The van der Waals surface area contributed by atoms with Gasteiger partial charge in [0.2, 0.25) is 0 Å². The van der Waals surface area contributed by atoms with Crippen molar-refractivity contribution in [2.75, 3.05) is 5.32 Å². The Kier molecular flexibility index (Phi) is 4.28. The molecule has 0 aliphatic heterocycles. The van der Waals surface area contributed by atoms with Crippen molar-refractivity contribution in [3.05, 3.63) is 33.9 Å². The number of nitrogens with zero attached hydrogens (tertiary/aromatic N) is 1. The molecule has 0 fully saturated rings. The zero-order chi connectivity index (χ0) is 12.1. The van der Waals surface area contributed by atoms with Crippen LogP contribution in [-0.2, 0) is 0 Å². The summed E-state index contributed by atoms with van der Waals surface area (Å²) >= 11 is 0. The van der Waals surface area contributed by atoms with Gasteiger partial charge in [-0.25, -0.2) is 0 Å². The third kappa shape index (κ3) is 2.95. The van der Waals surface area contributed by atoms with Crippen LogP contribution < -0.4 is 5.32 Å². The highest BCUT2D eigenvalue weighted by Gasteiger charge is 2.11. The van der Waals surface area contributed by atoms with Crippen LogP contribution in [0, 0.1) is 17.0 Å². The molecule has 1 aromatic carbocycles. The number of nitro benzene ring substituents is 1. The molecule has 0 aliphatic carbocycles. The molecule has 0 bridgehead atoms. The second kappa shape index (κ2) is 5.49. The maximum absolute atomic E-state index is 10.7. The minimum Gasteiger partial charge on any atom is -0.382 e. The normalized spacial score (nSPS) is 10.5. The maximum atomic E-state index is 10.7. The quantitative estimate of drug-likeness (QED) is 0.612. The number of hydrogen-bond acceptors (Lipinski definition) is 3. The van der Waals surface area contributed by atoms with Gasteiger partial charge in [0, 0.05) is 23.4 Å². The molecule has 0 saturated heterocycles. The van der Waals surface area contributed by atoms with Gasteiger partial charge in [0.25, 0.3) is 5.69 Å². The molecule has 0 amide bonds. The van der Waals surface area contributed by atoms with E-state index in [0.29, 0.717) is 11.6 Å². The summed E-state index contributed by atoms with van der Waals surface area (Å²) in [6.07, 6.45) is 2.10. The van der Waals surface area contributed by atoms with E-state index in [1.807, 2.05) is 6.07 Å². The summed E-state index contributed by atoms with van der Waals surface area (Å²) in [5.74, 6) is 0. The van der Waals surface area contributed by atoms with Gasteiger partial charge in [-0.05, 0) is 31.9 Å². The Morgan fingerprint density at radius 2 is 2.00 bits per heavy atom. The molecular formula is C12H18N2O2. The van der Waals surface area contributed by atoms with Gasteiger partial charge >= 0.3 is 0 Å². The van der Waals surface area contributed by atoms with E-state index in [-0.39, 0.29) is 10.6 Å². The van der Waals surface area contributed by atoms with Crippen LogP contribution in [0.3, 0.4) is 0 Å². The fourth-order valence-corrected chi connectivity index (χ4v) is 1.68. The Bertz CT molecular complexity index is 373. The first-order valence-electron chi connectivity index (χ1n) is 5.60. The standard InChI is InChI=1S/C12H18N2O2/c1-4-10(5-2)13-11-6-7-12(14(15)16)9(3)8-11/h6-8,10,13H,4-5H2,1-3H3. The summed E-state index contributed by atoms with van der Waals surface area (Å²) < 4.78 is 0. The summed E-state index contributed by atoms with van der Waals surface area (Å²) in [4.78, 5) is 10.3. The first kappa shape index (κ1) is 12.5. The van der Waals surface area contributed by atoms with Gasteiger partial charge in [0.15, 0.2) is 0 Å². The van der Waals surface area contributed by atoms with Crippen LogP contribution in [0.15, 0.2) is 18.2 Å². The molecule has 4 nitrogen and oxygen atoms in total. The third-order valence-electron chi connectivity index (χ3n) is 2.75. The van der Waals surface area contributed by atoms with E-state index >= 15 is 0 Å². The summed E-state index contributed by atoms with van der Waals surface area (Å²) in [7, 11) is 0. The van der Waals surface area contributed by atoms with Crippen LogP contribution in [0.5, 0.6) is 0 Å². The topological polar surface area (TPSA) is 55.2 Å². The SMILES string of the molecule is CCC(CC)Nc1ccc([N+](=O)[O-])c(C)c1. The van der Waals surface area contributed by atoms with Gasteiger partial charge in [-0.15, -0.1) is 0 Å². The van der Waals surface area contributed by atoms with Crippen molar-refractivity contribution in [1.82, 2.24) is 0 Å². The smallest absolute Gasteiger partial charge is 0.272 e. The van der Waals surface area contributed by atoms with Gasteiger partial charge < -0.3 is 5.32 Å². The lowest BCUT2D eigenvalue weighted by Gasteiger charge is -2.16. The molecule has 1 rings (SSSR count). The van der Waals surface area contributed by atoms with Crippen molar-refractivity contribution in [3.8, 4) is 0 Å². The van der Waals surface area contributed by atoms with Gasteiger partial charge in [-0.3, -0.25) is 10.1 Å². The van der Waals surface area contributed by atoms with Crippen molar-refractivity contribution in [3.63, 3.8) is 0 Å². The predicted octanol–water partition coefficient (Wildman–Crippen LogP) is 3.50. The second-order valence-corrected chi connectivity index (χ2v) is 3.92. The van der Waals surface area contributed by atoms with E-state index < -0.39 is 0 Å². The second-order valence-electron chi connectivity index (χ2n) is 3.92. The molecule has 0 saturated carbocycles. The first-order valence-corrected chi connectivity index (χ1v) is 5.60. The molecule has 0 spiro atoms. The summed E-state index contributed by atoms with van der Waals surface area (Å²) in [5.41, 5.74) is 1.83. The lowest BCUT2D eigenvalue weighted by molar-refractivity contribution is -0.385. The zero-order valence-electron chi connectivity index (χ0n) is 9.99. The molecule has 0 heterocycles. The average Bonchev–Trinajstić information content (AvgIpc) is 2.25. The van der Waals surface area contributed by atoms with E-state index in [2.05, 4.69) is 19.2 Å². The lowest BCUT2D eigenvalue weighted by atomic mass is 10.1. The average molecular weight is 222 g/mol. The predicted molar refractivity (Wildman–Crippen MR) is 65.8 cm³/mol. The van der Waals surface area contributed by atoms with Gasteiger partial charge in [0.05, 0.1) is 4.92 Å². The van der Waals surface area contributed by atoms with Crippen molar-refractivity contribution < 1.29 is 4.92 Å². The molecule has 88 valence electrons. The number of nitrogens with one attached hydrogen (secondary N) is 1. The highest BCUT2D eigenvalue weighted by atomic mass is 16.6. The molecule has 4 heteroatoms. The summed E-state index contributed by atoms with van der Waals surface area (Å²) in [6.45, 7) is 6.01. The van der Waals surface area contributed by atoms with Crippen LogP contribution >= 0.6 is 0 Å². The number of benzene rings is 1. The Labute approximate surface area is 95.8 Å². The maximum Gasteiger partial charge on any atom is 0.272 e. The van der Waals surface area contributed by atoms with Crippen molar-refractivity contribution >= 4 is 11.4 Å². The molecule has 0 aromatic heterocycles.